The molecule has 0 saturated heterocycles. The van der Waals surface area contributed by atoms with Gasteiger partial charge in [0.05, 0.1) is 0 Å². The van der Waals surface area contributed by atoms with Crippen molar-refractivity contribution in [1.82, 2.24) is 0 Å². The lowest BCUT2D eigenvalue weighted by atomic mass is 9.68. The van der Waals surface area contributed by atoms with Gasteiger partial charge in [0.1, 0.15) is 5.76 Å². The fourth-order valence-electron chi connectivity index (χ4n) is 5.72. The highest BCUT2D eigenvalue weighted by Gasteiger charge is 2.31. The molecule has 142 valence electrons. The number of fused-ring (bicyclic) bond motifs is 1. The van der Waals surface area contributed by atoms with Crippen molar-refractivity contribution < 1.29 is 8.81 Å². The van der Waals surface area contributed by atoms with Crippen molar-refractivity contribution in [2.24, 2.45) is 17.8 Å². The van der Waals surface area contributed by atoms with Crippen LogP contribution in [-0.2, 0) is 6.42 Å². The molecule has 2 fully saturated rings. The Bertz CT molecular complexity index is 701. The smallest absolute Gasteiger partial charge is 0.169 e. The molecule has 2 saturated carbocycles. The van der Waals surface area contributed by atoms with Gasteiger partial charge in [-0.25, -0.2) is 4.39 Å². The van der Waals surface area contributed by atoms with Gasteiger partial charge in [-0.05, 0) is 54.9 Å². The number of aryl methyl sites for hydroxylation is 2. The molecule has 1 aromatic carbocycles. The molecular formula is C24H33FO. The second-order valence-corrected chi connectivity index (χ2v) is 8.88. The molecule has 26 heavy (non-hydrogen) atoms. The van der Waals surface area contributed by atoms with Gasteiger partial charge in [0, 0.05) is 11.8 Å². The van der Waals surface area contributed by atoms with E-state index in [0.29, 0.717) is 5.58 Å². The highest BCUT2D eigenvalue weighted by Crippen LogP contribution is 2.42. The summed E-state index contributed by atoms with van der Waals surface area (Å²) < 4.78 is 20.1. The lowest BCUT2D eigenvalue weighted by Crippen LogP contribution is -2.27. The van der Waals surface area contributed by atoms with E-state index in [4.69, 9.17) is 4.42 Å². The van der Waals surface area contributed by atoms with E-state index in [-0.39, 0.29) is 5.82 Å². The molecule has 2 heteroatoms. The van der Waals surface area contributed by atoms with Crippen molar-refractivity contribution in [1.29, 1.82) is 0 Å². The van der Waals surface area contributed by atoms with Crippen molar-refractivity contribution in [2.75, 3.05) is 0 Å². The molecule has 0 N–H and O–H groups in total. The topological polar surface area (TPSA) is 13.1 Å². The van der Waals surface area contributed by atoms with Crippen LogP contribution in [0.2, 0.25) is 0 Å². The third-order valence-corrected chi connectivity index (χ3v) is 7.00. The number of benzene rings is 1. The maximum absolute atomic E-state index is 14.1. The Morgan fingerprint density at radius 2 is 1.54 bits per heavy atom. The first kappa shape index (κ1) is 18.1. The molecule has 2 aromatic rings. The zero-order valence-electron chi connectivity index (χ0n) is 16.2. The van der Waals surface area contributed by atoms with Crippen LogP contribution in [-0.4, -0.2) is 0 Å². The van der Waals surface area contributed by atoms with Gasteiger partial charge in [0.25, 0.3) is 0 Å². The van der Waals surface area contributed by atoms with Crippen LogP contribution < -0.4 is 0 Å². The molecule has 0 amide bonds. The van der Waals surface area contributed by atoms with Gasteiger partial charge in [-0.15, -0.1) is 0 Å². The Labute approximate surface area is 157 Å². The molecule has 2 aliphatic rings. The van der Waals surface area contributed by atoms with E-state index in [2.05, 4.69) is 6.07 Å². The predicted octanol–water partition coefficient (Wildman–Crippen LogP) is 7.59. The summed E-state index contributed by atoms with van der Waals surface area (Å²) in [6, 6.07) is 5.68. The van der Waals surface area contributed by atoms with E-state index in [9.17, 15) is 4.39 Å². The van der Waals surface area contributed by atoms with Gasteiger partial charge in [0.2, 0.25) is 0 Å². The minimum atomic E-state index is -0.220. The fourth-order valence-corrected chi connectivity index (χ4v) is 5.72. The molecule has 1 heterocycles. The highest BCUT2D eigenvalue weighted by molar-refractivity contribution is 5.79. The quantitative estimate of drug-likeness (QED) is 0.538. The van der Waals surface area contributed by atoms with Crippen molar-refractivity contribution in [3.63, 3.8) is 0 Å². The summed E-state index contributed by atoms with van der Waals surface area (Å²) >= 11 is 0. The van der Waals surface area contributed by atoms with Crippen LogP contribution in [0.25, 0.3) is 11.0 Å². The van der Waals surface area contributed by atoms with Crippen LogP contribution >= 0.6 is 0 Å². The number of rotatable bonds is 5. The Morgan fingerprint density at radius 1 is 0.923 bits per heavy atom. The molecular weight excluding hydrogens is 323 g/mol. The Kier molecular flexibility index (Phi) is 5.66. The van der Waals surface area contributed by atoms with Crippen molar-refractivity contribution >= 4 is 11.0 Å². The van der Waals surface area contributed by atoms with Crippen molar-refractivity contribution in [3.8, 4) is 0 Å². The molecule has 0 atom stereocenters. The first-order chi connectivity index (χ1) is 12.7. The fraction of sp³-hybridized carbons (Fsp3) is 0.667. The van der Waals surface area contributed by atoms with E-state index in [1.165, 1.54) is 70.6 Å². The van der Waals surface area contributed by atoms with E-state index < -0.39 is 0 Å². The number of furan rings is 1. The maximum atomic E-state index is 14.1. The summed E-state index contributed by atoms with van der Waals surface area (Å²) in [6.07, 6.45) is 16.4. The minimum Gasteiger partial charge on any atom is -0.458 e. The lowest BCUT2D eigenvalue weighted by molar-refractivity contribution is 0.133. The normalized spacial score (nSPS) is 20.3. The molecule has 0 unspecified atom stereocenters. The molecule has 0 bridgehead atoms. The Morgan fingerprint density at radius 3 is 2.15 bits per heavy atom. The van der Waals surface area contributed by atoms with Crippen LogP contribution in [0.5, 0.6) is 0 Å². The first-order valence-electron chi connectivity index (χ1n) is 10.9. The van der Waals surface area contributed by atoms with Crippen LogP contribution in [0.4, 0.5) is 4.39 Å². The standard InChI is InChI=1S/C24H33FO/c1-17-14-20-16-21(26-24(20)23(25)15-17)12-13-22(18-8-4-2-5-9-18)19-10-6-3-7-11-19/h14-16,18-19,22H,2-13H2,1H3. The number of hydrogen-bond acceptors (Lipinski definition) is 1. The van der Waals surface area contributed by atoms with Crippen LogP contribution in [0.1, 0.15) is 82.0 Å². The van der Waals surface area contributed by atoms with Crippen molar-refractivity contribution in [3.05, 3.63) is 35.3 Å². The van der Waals surface area contributed by atoms with Gasteiger partial charge < -0.3 is 4.42 Å². The molecule has 4 rings (SSSR count). The zero-order chi connectivity index (χ0) is 17.9. The summed E-state index contributed by atoms with van der Waals surface area (Å²) in [7, 11) is 0. The van der Waals surface area contributed by atoms with Gasteiger partial charge in [-0.3, -0.25) is 0 Å². The second-order valence-electron chi connectivity index (χ2n) is 8.88. The second kappa shape index (κ2) is 8.15. The minimum absolute atomic E-state index is 0.220. The molecule has 0 aliphatic heterocycles. The van der Waals surface area contributed by atoms with E-state index >= 15 is 0 Å². The largest absolute Gasteiger partial charge is 0.458 e. The van der Waals surface area contributed by atoms with E-state index in [1.54, 1.807) is 6.07 Å². The summed E-state index contributed by atoms with van der Waals surface area (Å²) in [5.41, 5.74) is 1.40. The van der Waals surface area contributed by atoms with E-state index in [0.717, 1.165) is 40.9 Å². The molecule has 0 radical (unpaired) electrons. The third kappa shape index (κ3) is 4.00. The van der Waals surface area contributed by atoms with Gasteiger partial charge in [-0.2, -0.15) is 0 Å². The first-order valence-corrected chi connectivity index (χ1v) is 10.9. The summed E-state index contributed by atoms with van der Waals surface area (Å²) in [6.45, 7) is 1.94. The monoisotopic (exact) mass is 356 g/mol. The predicted molar refractivity (Wildman–Crippen MR) is 106 cm³/mol. The summed E-state index contributed by atoms with van der Waals surface area (Å²) in [5.74, 6) is 3.42. The van der Waals surface area contributed by atoms with Crippen LogP contribution in [0.15, 0.2) is 22.6 Å². The molecule has 2 aliphatic carbocycles. The molecule has 1 nitrogen and oxygen atoms in total. The summed E-state index contributed by atoms with van der Waals surface area (Å²) in [5, 5.41) is 0.921. The lowest BCUT2D eigenvalue weighted by Gasteiger charge is -2.38. The maximum Gasteiger partial charge on any atom is 0.169 e. The van der Waals surface area contributed by atoms with E-state index in [1.807, 2.05) is 13.0 Å². The zero-order valence-corrected chi connectivity index (χ0v) is 16.2. The Hall–Kier alpha value is -1.31. The highest BCUT2D eigenvalue weighted by atomic mass is 19.1. The van der Waals surface area contributed by atoms with Crippen molar-refractivity contribution in [2.45, 2.75) is 84.0 Å². The van der Waals surface area contributed by atoms with Crippen LogP contribution in [0.3, 0.4) is 0 Å². The molecule has 1 aromatic heterocycles. The number of halogens is 1. The van der Waals surface area contributed by atoms with Gasteiger partial charge in [-0.1, -0.05) is 64.2 Å². The third-order valence-electron chi connectivity index (χ3n) is 7.00. The molecule has 0 spiro atoms. The SMILES string of the molecule is Cc1cc(F)c2oc(CCC(C3CCCCC3)C3CCCCC3)cc2c1. The summed E-state index contributed by atoms with van der Waals surface area (Å²) in [4.78, 5) is 0. The Balaban J connectivity index is 1.49. The average Bonchev–Trinajstić information content (AvgIpc) is 3.07. The average molecular weight is 357 g/mol. The van der Waals surface area contributed by atoms with Gasteiger partial charge >= 0.3 is 0 Å². The number of hydrogen-bond donors (Lipinski definition) is 0. The van der Waals surface area contributed by atoms with Gasteiger partial charge in [0.15, 0.2) is 11.4 Å². The van der Waals surface area contributed by atoms with Crippen LogP contribution in [0, 0.1) is 30.5 Å².